The fourth-order valence-electron chi connectivity index (χ4n) is 7.43. The summed E-state index contributed by atoms with van der Waals surface area (Å²) in [5, 5.41) is 3.42. The minimum Gasteiger partial charge on any atom is -0.495 e. The van der Waals surface area contributed by atoms with Gasteiger partial charge in [-0.1, -0.05) is 51.3 Å². The number of likely N-dealkylation sites (tertiary alicyclic amines) is 1. The van der Waals surface area contributed by atoms with Crippen LogP contribution in [-0.2, 0) is 6.54 Å². The lowest BCUT2D eigenvalue weighted by molar-refractivity contribution is 0.190. The number of carbonyl (C=O) groups excluding carboxylic acids is 1. The molecule has 8 nitrogen and oxygen atoms in total. The van der Waals surface area contributed by atoms with Gasteiger partial charge in [-0.2, -0.15) is 4.98 Å². The van der Waals surface area contributed by atoms with E-state index < -0.39 is 0 Å². The van der Waals surface area contributed by atoms with Crippen molar-refractivity contribution in [2.75, 3.05) is 37.5 Å². The fourth-order valence-corrected chi connectivity index (χ4v) is 7.43. The summed E-state index contributed by atoms with van der Waals surface area (Å²) in [4.78, 5) is 30.5. The first-order chi connectivity index (χ1) is 20.2. The number of urea groups is 1. The second-order valence-corrected chi connectivity index (χ2v) is 13.3. The van der Waals surface area contributed by atoms with Gasteiger partial charge in [-0.15, -0.1) is 0 Å². The number of methoxy groups -OCH3 is 1. The van der Waals surface area contributed by atoms with Crippen LogP contribution < -0.4 is 15.0 Å². The second-order valence-electron chi connectivity index (χ2n) is 13.3. The van der Waals surface area contributed by atoms with E-state index in [2.05, 4.69) is 68.4 Å². The van der Waals surface area contributed by atoms with Crippen LogP contribution in [0.1, 0.15) is 89.2 Å². The van der Waals surface area contributed by atoms with Crippen LogP contribution in [-0.4, -0.2) is 59.1 Å². The molecule has 3 heterocycles. The van der Waals surface area contributed by atoms with Crippen molar-refractivity contribution in [3.63, 3.8) is 0 Å². The minimum absolute atomic E-state index is 0.0387. The number of hydrogen-bond donors (Lipinski definition) is 1. The third-order valence-corrected chi connectivity index (χ3v) is 9.72. The summed E-state index contributed by atoms with van der Waals surface area (Å²) in [6, 6.07) is 6.61. The molecule has 42 heavy (non-hydrogen) atoms. The summed E-state index contributed by atoms with van der Waals surface area (Å²) in [5.41, 5.74) is 5.28. The van der Waals surface area contributed by atoms with Crippen LogP contribution >= 0.6 is 0 Å². The molecule has 2 aliphatic heterocycles. The third-order valence-electron chi connectivity index (χ3n) is 9.72. The zero-order valence-electron chi connectivity index (χ0n) is 25.9. The van der Waals surface area contributed by atoms with Crippen molar-refractivity contribution >= 4 is 23.5 Å². The highest BCUT2D eigenvalue weighted by Crippen LogP contribution is 2.44. The van der Waals surface area contributed by atoms with Gasteiger partial charge in [-0.25, -0.2) is 9.78 Å². The topological polar surface area (TPSA) is 73.8 Å². The van der Waals surface area contributed by atoms with Crippen LogP contribution in [0.25, 0.3) is 0 Å². The molecule has 0 spiro atoms. The number of fused-ring (bicyclic) bond motifs is 1. The molecule has 1 saturated heterocycles. The molecule has 2 amide bonds. The molecule has 8 heteroatoms. The van der Waals surface area contributed by atoms with Crippen LogP contribution in [0.3, 0.4) is 0 Å². The number of aromatic nitrogens is 2. The zero-order chi connectivity index (χ0) is 29.4. The maximum atomic E-state index is 14.4. The molecule has 1 aromatic carbocycles. The van der Waals surface area contributed by atoms with Crippen molar-refractivity contribution in [1.82, 2.24) is 19.8 Å². The highest BCUT2D eigenvalue weighted by atomic mass is 16.5. The molecule has 0 atom stereocenters. The van der Waals surface area contributed by atoms with Gasteiger partial charge < -0.3 is 15.0 Å². The third kappa shape index (κ3) is 5.53. The maximum Gasteiger partial charge on any atom is 0.330 e. The van der Waals surface area contributed by atoms with E-state index in [1.165, 1.54) is 12.0 Å². The molecule has 4 aliphatic rings. The molecule has 1 N–H and O–H groups in total. The van der Waals surface area contributed by atoms with Gasteiger partial charge in [0.05, 0.1) is 19.3 Å². The summed E-state index contributed by atoms with van der Waals surface area (Å²) in [5.74, 6) is 2.56. The summed E-state index contributed by atoms with van der Waals surface area (Å²) in [6.45, 7) is 9.31. The van der Waals surface area contributed by atoms with Gasteiger partial charge in [0.2, 0.25) is 5.95 Å². The predicted molar refractivity (Wildman–Crippen MR) is 168 cm³/mol. The molecule has 224 valence electrons. The standard InChI is InChI=1S/C34H46N6O2/c1-23-10-9-17-34(2,3)30(23)39-22-26-21-35-32(37-31(26)40(33(39)41)27-11-7-6-8-12-27)36-28-14-13-25(20-29(28)42-5)24-15-18-38(4)19-16-24/h9-10,13-14,20-21,24,27H,6-8,11-12,15-19,22H2,1-5H3,(H,35,36,37). The molecule has 6 rings (SSSR count). The Morgan fingerprint density at radius 1 is 1.07 bits per heavy atom. The SMILES string of the molecule is COc1cc(C2CCN(C)CC2)ccc1Nc1ncc2c(n1)N(C1CCCCC1)C(=O)N(C1=C(C)C=CCC1(C)C)C2. The number of allylic oxidation sites excluding steroid dienone is 4. The van der Waals surface area contributed by atoms with E-state index >= 15 is 0 Å². The zero-order valence-corrected chi connectivity index (χ0v) is 25.9. The Bertz CT molecular complexity index is 1380. The van der Waals surface area contributed by atoms with E-state index in [1.807, 2.05) is 16.0 Å². The Labute approximate surface area is 250 Å². The molecule has 2 fully saturated rings. The lowest BCUT2D eigenvalue weighted by Gasteiger charge is -2.46. The Morgan fingerprint density at radius 2 is 1.83 bits per heavy atom. The fraction of sp³-hybridized carbons (Fsp3) is 0.559. The van der Waals surface area contributed by atoms with Gasteiger partial charge in [0.1, 0.15) is 11.6 Å². The Morgan fingerprint density at radius 3 is 2.55 bits per heavy atom. The Kier molecular flexibility index (Phi) is 8.01. The minimum atomic E-state index is -0.122. The largest absolute Gasteiger partial charge is 0.495 e. The number of nitrogens with zero attached hydrogens (tertiary/aromatic N) is 5. The second kappa shape index (κ2) is 11.7. The highest BCUT2D eigenvalue weighted by molar-refractivity contribution is 5.96. The van der Waals surface area contributed by atoms with Crippen molar-refractivity contribution in [1.29, 1.82) is 0 Å². The first-order valence-corrected chi connectivity index (χ1v) is 15.7. The van der Waals surface area contributed by atoms with Crippen molar-refractivity contribution < 1.29 is 9.53 Å². The quantitative estimate of drug-likeness (QED) is 0.391. The van der Waals surface area contributed by atoms with Crippen LogP contribution in [0.4, 0.5) is 22.2 Å². The predicted octanol–water partition coefficient (Wildman–Crippen LogP) is 7.37. The number of benzene rings is 1. The number of carbonyl (C=O) groups is 1. The van der Waals surface area contributed by atoms with E-state index in [4.69, 9.17) is 14.7 Å². The van der Waals surface area contributed by atoms with Gasteiger partial charge in [0.25, 0.3) is 0 Å². The monoisotopic (exact) mass is 570 g/mol. The number of nitrogens with one attached hydrogen (secondary N) is 1. The molecular weight excluding hydrogens is 524 g/mol. The van der Waals surface area contributed by atoms with Crippen LogP contribution in [0.5, 0.6) is 5.75 Å². The number of ether oxygens (including phenoxy) is 1. The molecule has 0 radical (unpaired) electrons. The van der Waals surface area contributed by atoms with Crippen molar-refractivity contribution in [2.24, 2.45) is 5.41 Å². The molecule has 2 aromatic rings. The average Bonchev–Trinajstić information content (AvgIpc) is 2.98. The average molecular weight is 571 g/mol. The number of anilines is 3. The van der Waals surface area contributed by atoms with Crippen molar-refractivity contribution in [2.45, 2.75) is 90.6 Å². The molecular formula is C34H46N6O2. The van der Waals surface area contributed by atoms with E-state index in [-0.39, 0.29) is 17.5 Å². The summed E-state index contributed by atoms with van der Waals surface area (Å²) in [6.07, 6.45) is 15.0. The van der Waals surface area contributed by atoms with Gasteiger partial charge >= 0.3 is 6.03 Å². The number of hydrogen-bond acceptors (Lipinski definition) is 6. The lowest BCUT2D eigenvalue weighted by Crippen LogP contribution is -2.54. The lowest BCUT2D eigenvalue weighted by atomic mass is 9.79. The summed E-state index contributed by atoms with van der Waals surface area (Å²) < 4.78 is 5.82. The first kappa shape index (κ1) is 28.7. The van der Waals surface area contributed by atoms with E-state index in [9.17, 15) is 4.79 Å². The van der Waals surface area contributed by atoms with Gasteiger partial charge in [-0.3, -0.25) is 9.80 Å². The van der Waals surface area contributed by atoms with Gasteiger partial charge in [0.15, 0.2) is 0 Å². The van der Waals surface area contributed by atoms with Crippen LogP contribution in [0.2, 0.25) is 0 Å². The smallest absolute Gasteiger partial charge is 0.330 e. The van der Waals surface area contributed by atoms with Gasteiger partial charge in [0, 0.05) is 28.9 Å². The summed E-state index contributed by atoms with van der Waals surface area (Å²) in [7, 11) is 3.90. The van der Waals surface area contributed by atoms with Crippen molar-refractivity contribution in [3.05, 3.63) is 58.9 Å². The molecule has 2 aliphatic carbocycles. The van der Waals surface area contributed by atoms with Gasteiger partial charge in [-0.05, 0) is 88.4 Å². The first-order valence-electron chi connectivity index (χ1n) is 15.7. The van der Waals surface area contributed by atoms with E-state index in [0.29, 0.717) is 18.4 Å². The van der Waals surface area contributed by atoms with E-state index in [1.54, 1.807) is 7.11 Å². The Balaban J connectivity index is 1.32. The molecule has 1 saturated carbocycles. The highest BCUT2D eigenvalue weighted by Gasteiger charge is 2.42. The number of rotatable bonds is 6. The van der Waals surface area contributed by atoms with Crippen molar-refractivity contribution in [3.8, 4) is 5.75 Å². The number of amides is 2. The molecule has 1 aromatic heterocycles. The normalized spacial score (nSPS) is 22.0. The maximum absolute atomic E-state index is 14.4. The van der Waals surface area contributed by atoms with Crippen LogP contribution in [0.15, 0.2) is 47.8 Å². The Hall–Kier alpha value is -3.39. The van der Waals surface area contributed by atoms with Crippen LogP contribution in [0, 0.1) is 5.41 Å². The molecule has 0 unspecified atom stereocenters. The summed E-state index contributed by atoms with van der Waals surface area (Å²) >= 11 is 0. The number of piperidine rings is 1. The molecule has 0 bridgehead atoms. The van der Waals surface area contributed by atoms with E-state index in [0.717, 1.165) is 92.1 Å².